The SMILES string of the molecule is CC[Si](CC)(CC)O[C@H]1CCC[C@]2(C)C([C@H](C)CC=O)=CCC12. The molecule has 3 heteroatoms. The highest BCUT2D eigenvalue weighted by molar-refractivity contribution is 6.73. The second kappa shape index (κ2) is 7.65. The van der Waals surface area contributed by atoms with Gasteiger partial charge >= 0.3 is 0 Å². The van der Waals surface area contributed by atoms with Crippen molar-refractivity contribution in [2.75, 3.05) is 0 Å². The standard InChI is InChI=1S/C20H36O2Si/c1-6-23(7-2,8-3)22-19-10-9-14-20(5)17(11-12-18(19)20)16(4)13-15-21/h11,15-16,18-19H,6-10,12-14H2,1-5H3/t16-,18?,19+,20-/m1/s1. The topological polar surface area (TPSA) is 26.3 Å². The Morgan fingerprint density at radius 2 is 2.00 bits per heavy atom. The maximum atomic E-state index is 11.0. The van der Waals surface area contributed by atoms with Crippen LogP contribution >= 0.6 is 0 Å². The van der Waals surface area contributed by atoms with Crippen LogP contribution in [0.15, 0.2) is 11.6 Å². The van der Waals surface area contributed by atoms with Gasteiger partial charge in [0.15, 0.2) is 8.32 Å². The first-order valence-electron chi connectivity index (χ1n) is 9.78. The zero-order valence-corrected chi connectivity index (χ0v) is 16.9. The van der Waals surface area contributed by atoms with Crippen LogP contribution in [0, 0.1) is 17.3 Å². The second-order valence-electron chi connectivity index (χ2n) is 8.01. The monoisotopic (exact) mass is 336 g/mol. The smallest absolute Gasteiger partial charge is 0.192 e. The Balaban J connectivity index is 2.17. The summed E-state index contributed by atoms with van der Waals surface area (Å²) in [6, 6.07) is 3.71. The maximum Gasteiger partial charge on any atom is 0.192 e. The molecule has 1 fully saturated rings. The molecule has 1 unspecified atom stereocenters. The zero-order valence-electron chi connectivity index (χ0n) is 15.9. The van der Waals surface area contributed by atoms with Gasteiger partial charge < -0.3 is 9.22 Å². The summed E-state index contributed by atoms with van der Waals surface area (Å²) in [6.45, 7) is 11.6. The minimum Gasteiger partial charge on any atom is -0.414 e. The molecule has 0 saturated heterocycles. The lowest BCUT2D eigenvalue weighted by atomic mass is 9.63. The van der Waals surface area contributed by atoms with Crippen LogP contribution < -0.4 is 0 Å². The summed E-state index contributed by atoms with van der Waals surface area (Å²) >= 11 is 0. The maximum absolute atomic E-state index is 11.0. The molecule has 2 aliphatic carbocycles. The molecule has 0 radical (unpaired) electrons. The second-order valence-corrected chi connectivity index (χ2v) is 12.7. The summed E-state index contributed by atoms with van der Waals surface area (Å²) in [4.78, 5) is 11.0. The third-order valence-electron chi connectivity index (χ3n) is 7.02. The van der Waals surface area contributed by atoms with E-state index >= 15 is 0 Å². The summed E-state index contributed by atoms with van der Waals surface area (Å²) in [6.07, 6.45) is 9.57. The molecule has 2 rings (SSSR count). The predicted octanol–water partition coefficient (Wildman–Crippen LogP) is 5.74. The summed E-state index contributed by atoms with van der Waals surface area (Å²) < 4.78 is 6.93. The van der Waals surface area contributed by atoms with Gasteiger partial charge in [0, 0.05) is 12.5 Å². The van der Waals surface area contributed by atoms with E-state index in [2.05, 4.69) is 40.7 Å². The van der Waals surface area contributed by atoms with Gasteiger partial charge in [-0.1, -0.05) is 52.7 Å². The lowest BCUT2D eigenvalue weighted by molar-refractivity contribution is -0.108. The van der Waals surface area contributed by atoms with E-state index in [-0.39, 0.29) is 5.41 Å². The summed E-state index contributed by atoms with van der Waals surface area (Å²) in [5.74, 6) is 1.03. The van der Waals surface area contributed by atoms with Gasteiger partial charge in [0.05, 0.1) is 0 Å². The fourth-order valence-electron chi connectivity index (χ4n) is 5.22. The number of hydrogen-bond donors (Lipinski definition) is 0. The summed E-state index contributed by atoms with van der Waals surface area (Å²) in [7, 11) is -1.54. The van der Waals surface area contributed by atoms with Crippen molar-refractivity contribution in [1.82, 2.24) is 0 Å². The molecule has 2 aliphatic rings. The molecule has 132 valence electrons. The van der Waals surface area contributed by atoms with Gasteiger partial charge in [-0.05, 0) is 54.6 Å². The molecule has 0 spiro atoms. The van der Waals surface area contributed by atoms with Crippen molar-refractivity contribution in [2.45, 2.75) is 91.0 Å². The molecule has 4 atom stereocenters. The van der Waals surface area contributed by atoms with E-state index in [0.29, 0.717) is 24.4 Å². The molecule has 0 aromatic carbocycles. The van der Waals surface area contributed by atoms with E-state index in [9.17, 15) is 4.79 Å². The van der Waals surface area contributed by atoms with Crippen molar-refractivity contribution in [3.63, 3.8) is 0 Å². The molecular formula is C20H36O2Si. The van der Waals surface area contributed by atoms with E-state index in [4.69, 9.17) is 4.43 Å². The van der Waals surface area contributed by atoms with Crippen molar-refractivity contribution in [2.24, 2.45) is 17.3 Å². The van der Waals surface area contributed by atoms with Gasteiger partial charge in [-0.15, -0.1) is 0 Å². The lowest BCUT2D eigenvalue weighted by Gasteiger charge is -2.47. The number of fused-ring (bicyclic) bond motifs is 1. The third kappa shape index (κ3) is 3.51. The summed E-state index contributed by atoms with van der Waals surface area (Å²) in [5.41, 5.74) is 1.81. The van der Waals surface area contributed by atoms with Gasteiger partial charge in [-0.2, -0.15) is 0 Å². The molecule has 0 amide bonds. The molecule has 2 nitrogen and oxygen atoms in total. The first-order valence-corrected chi connectivity index (χ1v) is 12.3. The number of hydrogen-bond acceptors (Lipinski definition) is 2. The number of carbonyl (C=O) groups is 1. The Morgan fingerprint density at radius 1 is 1.35 bits per heavy atom. The number of rotatable bonds is 8. The molecule has 1 saturated carbocycles. The Bertz CT molecular complexity index is 433. The van der Waals surface area contributed by atoms with E-state index in [0.717, 1.165) is 12.7 Å². The number of allylic oxidation sites excluding steroid dienone is 2. The van der Waals surface area contributed by atoms with Crippen molar-refractivity contribution >= 4 is 14.6 Å². The van der Waals surface area contributed by atoms with Crippen LogP contribution in [0.5, 0.6) is 0 Å². The Morgan fingerprint density at radius 3 is 2.57 bits per heavy atom. The average Bonchev–Trinajstić information content (AvgIpc) is 2.91. The average molecular weight is 337 g/mol. The molecule has 0 aromatic rings. The highest BCUT2D eigenvalue weighted by atomic mass is 28.4. The molecular weight excluding hydrogens is 300 g/mol. The minimum atomic E-state index is -1.54. The Kier molecular flexibility index (Phi) is 6.29. The molecule has 0 N–H and O–H groups in total. The van der Waals surface area contributed by atoms with Crippen LogP contribution in [-0.2, 0) is 9.22 Å². The van der Waals surface area contributed by atoms with Crippen LogP contribution in [-0.4, -0.2) is 20.7 Å². The Labute approximate surface area is 144 Å². The quantitative estimate of drug-likeness (QED) is 0.321. The fourth-order valence-corrected chi connectivity index (χ4v) is 8.15. The van der Waals surface area contributed by atoms with E-state index in [1.54, 1.807) is 5.57 Å². The highest BCUT2D eigenvalue weighted by Crippen LogP contribution is 2.56. The van der Waals surface area contributed by atoms with Gasteiger partial charge in [-0.3, -0.25) is 0 Å². The molecule has 0 heterocycles. The number of aldehydes is 1. The van der Waals surface area contributed by atoms with Gasteiger partial charge in [0.25, 0.3) is 0 Å². The van der Waals surface area contributed by atoms with Crippen molar-refractivity contribution < 1.29 is 9.22 Å². The largest absolute Gasteiger partial charge is 0.414 e. The lowest BCUT2D eigenvalue weighted by Crippen LogP contribution is -2.48. The van der Waals surface area contributed by atoms with Gasteiger partial charge in [0.2, 0.25) is 0 Å². The normalized spacial score (nSPS) is 32.3. The van der Waals surface area contributed by atoms with E-state index < -0.39 is 8.32 Å². The fraction of sp³-hybridized carbons (Fsp3) is 0.850. The van der Waals surface area contributed by atoms with Crippen molar-refractivity contribution in [3.8, 4) is 0 Å². The first-order chi connectivity index (χ1) is 11.0. The zero-order chi connectivity index (χ0) is 17.1. The molecule has 0 aromatic heterocycles. The highest BCUT2D eigenvalue weighted by Gasteiger charge is 2.50. The predicted molar refractivity (Wildman–Crippen MR) is 100 cm³/mol. The summed E-state index contributed by atoms with van der Waals surface area (Å²) in [5, 5.41) is 0. The van der Waals surface area contributed by atoms with Crippen LogP contribution in [0.4, 0.5) is 0 Å². The van der Waals surface area contributed by atoms with Crippen LogP contribution in [0.2, 0.25) is 18.1 Å². The van der Waals surface area contributed by atoms with E-state index in [1.807, 2.05) is 0 Å². The third-order valence-corrected chi connectivity index (χ3v) is 11.7. The van der Waals surface area contributed by atoms with Crippen LogP contribution in [0.3, 0.4) is 0 Å². The molecule has 23 heavy (non-hydrogen) atoms. The van der Waals surface area contributed by atoms with Crippen molar-refractivity contribution in [3.05, 3.63) is 11.6 Å². The van der Waals surface area contributed by atoms with Crippen LogP contribution in [0.1, 0.15) is 66.7 Å². The van der Waals surface area contributed by atoms with Crippen molar-refractivity contribution in [1.29, 1.82) is 0 Å². The van der Waals surface area contributed by atoms with Gasteiger partial charge in [-0.25, -0.2) is 0 Å². The van der Waals surface area contributed by atoms with E-state index in [1.165, 1.54) is 37.4 Å². The first kappa shape index (κ1) is 18.9. The Hall–Kier alpha value is -0.413. The van der Waals surface area contributed by atoms with Crippen LogP contribution in [0.25, 0.3) is 0 Å². The molecule has 0 aliphatic heterocycles. The molecule has 0 bridgehead atoms. The minimum absolute atomic E-state index is 0.265. The number of carbonyl (C=O) groups excluding carboxylic acids is 1. The van der Waals surface area contributed by atoms with Gasteiger partial charge in [0.1, 0.15) is 6.29 Å².